The summed E-state index contributed by atoms with van der Waals surface area (Å²) in [5.74, 6) is 0.782. The maximum atomic E-state index is 11.9. The van der Waals surface area contributed by atoms with Gasteiger partial charge in [0, 0.05) is 36.7 Å². The van der Waals surface area contributed by atoms with E-state index in [1.807, 2.05) is 6.07 Å². The average Bonchev–Trinajstić information content (AvgIpc) is 2.97. The van der Waals surface area contributed by atoms with Gasteiger partial charge in [0.05, 0.1) is 18.5 Å². The quantitative estimate of drug-likeness (QED) is 0.894. The molecule has 8 heteroatoms. The normalized spacial score (nSPS) is 12.4. The number of halogens is 1. The standard InChI is InChI=1S/C15H15ClN4O3/c1-20-13(21)6-12(8-18-20)19-15(22)17-7-10-5-11(16)4-9-2-3-23-14(9)10/h4-6,8H,2-3,7H2,1H3,(H2,17,19,22). The van der Waals surface area contributed by atoms with E-state index < -0.39 is 6.03 Å². The van der Waals surface area contributed by atoms with Crippen molar-refractivity contribution in [3.63, 3.8) is 0 Å². The molecule has 0 saturated carbocycles. The second kappa shape index (κ2) is 6.29. The number of ether oxygens (including phenoxy) is 1. The molecule has 3 rings (SSSR count). The molecule has 2 N–H and O–H groups in total. The first-order valence-electron chi connectivity index (χ1n) is 7.05. The number of urea groups is 1. The van der Waals surface area contributed by atoms with Crippen molar-refractivity contribution in [3.8, 4) is 5.75 Å². The summed E-state index contributed by atoms with van der Waals surface area (Å²) in [6, 6.07) is 4.50. The lowest BCUT2D eigenvalue weighted by Crippen LogP contribution is -2.29. The molecule has 0 aliphatic carbocycles. The number of rotatable bonds is 3. The molecule has 0 bridgehead atoms. The van der Waals surface area contributed by atoms with Gasteiger partial charge in [-0.25, -0.2) is 9.48 Å². The monoisotopic (exact) mass is 334 g/mol. The van der Waals surface area contributed by atoms with Crippen LogP contribution in [0.15, 0.2) is 29.2 Å². The van der Waals surface area contributed by atoms with Crippen LogP contribution in [0.1, 0.15) is 11.1 Å². The number of anilines is 1. The predicted molar refractivity (Wildman–Crippen MR) is 86.0 cm³/mol. The summed E-state index contributed by atoms with van der Waals surface area (Å²) in [6.45, 7) is 0.890. The van der Waals surface area contributed by atoms with Crippen LogP contribution in [0, 0.1) is 0 Å². The lowest BCUT2D eigenvalue weighted by Gasteiger charge is -2.11. The lowest BCUT2D eigenvalue weighted by atomic mass is 10.1. The fourth-order valence-corrected chi connectivity index (χ4v) is 2.63. The van der Waals surface area contributed by atoms with Crippen LogP contribution in [0.2, 0.25) is 5.02 Å². The van der Waals surface area contributed by atoms with Gasteiger partial charge in [-0.1, -0.05) is 11.6 Å². The Bertz CT molecular complexity index is 819. The highest BCUT2D eigenvalue weighted by atomic mass is 35.5. The Hall–Kier alpha value is -2.54. The Morgan fingerprint density at radius 2 is 2.26 bits per heavy atom. The van der Waals surface area contributed by atoms with E-state index in [9.17, 15) is 9.59 Å². The fraction of sp³-hybridized carbons (Fsp3) is 0.267. The van der Waals surface area contributed by atoms with Crippen molar-refractivity contribution in [2.24, 2.45) is 7.05 Å². The minimum Gasteiger partial charge on any atom is -0.493 e. The fourth-order valence-electron chi connectivity index (χ4n) is 2.37. The highest BCUT2D eigenvalue weighted by molar-refractivity contribution is 6.30. The van der Waals surface area contributed by atoms with E-state index in [2.05, 4.69) is 15.7 Å². The van der Waals surface area contributed by atoms with E-state index in [1.54, 1.807) is 6.07 Å². The van der Waals surface area contributed by atoms with Crippen molar-refractivity contribution < 1.29 is 9.53 Å². The summed E-state index contributed by atoms with van der Waals surface area (Å²) in [7, 11) is 1.53. The van der Waals surface area contributed by atoms with Crippen molar-refractivity contribution >= 4 is 23.3 Å². The Labute approximate surface area is 137 Å². The second-order valence-corrected chi connectivity index (χ2v) is 5.60. The first kappa shape index (κ1) is 15.4. The number of benzene rings is 1. The van der Waals surface area contributed by atoms with Gasteiger partial charge in [-0.15, -0.1) is 0 Å². The number of aromatic nitrogens is 2. The highest BCUT2D eigenvalue weighted by Crippen LogP contribution is 2.32. The third kappa shape index (κ3) is 3.45. The highest BCUT2D eigenvalue weighted by Gasteiger charge is 2.18. The maximum Gasteiger partial charge on any atom is 0.319 e. The van der Waals surface area contributed by atoms with Crippen LogP contribution < -0.4 is 20.9 Å². The molecule has 1 aliphatic heterocycles. The number of fused-ring (bicyclic) bond motifs is 1. The molecule has 7 nitrogen and oxygen atoms in total. The van der Waals surface area contributed by atoms with Gasteiger partial charge in [0.25, 0.3) is 5.56 Å². The van der Waals surface area contributed by atoms with Gasteiger partial charge < -0.3 is 15.4 Å². The van der Waals surface area contributed by atoms with E-state index in [-0.39, 0.29) is 12.1 Å². The zero-order valence-corrected chi connectivity index (χ0v) is 13.2. The molecule has 0 atom stereocenters. The summed E-state index contributed by atoms with van der Waals surface area (Å²) in [4.78, 5) is 23.4. The SMILES string of the molecule is Cn1ncc(NC(=O)NCc2cc(Cl)cc3c2OCC3)cc1=O. The van der Waals surface area contributed by atoms with Crippen LogP contribution in [0.5, 0.6) is 5.75 Å². The number of amides is 2. The Morgan fingerprint density at radius 1 is 1.43 bits per heavy atom. The van der Waals surface area contributed by atoms with Crippen LogP contribution in [0.4, 0.5) is 10.5 Å². The molecule has 2 aromatic rings. The summed E-state index contributed by atoms with van der Waals surface area (Å²) >= 11 is 6.08. The van der Waals surface area contributed by atoms with E-state index in [1.165, 1.54) is 24.0 Å². The Kier molecular flexibility index (Phi) is 4.20. The zero-order valence-electron chi connectivity index (χ0n) is 12.4. The molecule has 1 aliphatic rings. The smallest absolute Gasteiger partial charge is 0.319 e. The van der Waals surface area contributed by atoms with Gasteiger partial charge in [0.2, 0.25) is 0 Å². The summed E-state index contributed by atoms with van der Waals surface area (Å²) in [6.07, 6.45) is 2.22. The van der Waals surface area contributed by atoms with Crippen LogP contribution in [-0.2, 0) is 20.0 Å². The van der Waals surface area contributed by atoms with Gasteiger partial charge in [-0.3, -0.25) is 4.79 Å². The minimum atomic E-state index is -0.438. The summed E-state index contributed by atoms with van der Waals surface area (Å²) < 4.78 is 6.76. The molecule has 1 aromatic carbocycles. The number of nitrogens with one attached hydrogen (secondary N) is 2. The van der Waals surface area contributed by atoms with Crippen LogP contribution in [0.3, 0.4) is 0 Å². The molecule has 0 unspecified atom stereocenters. The number of nitrogens with zero attached hydrogens (tertiary/aromatic N) is 2. The number of carbonyl (C=O) groups excluding carboxylic acids is 1. The molecule has 0 radical (unpaired) electrons. The number of hydrogen-bond acceptors (Lipinski definition) is 4. The minimum absolute atomic E-state index is 0.271. The third-order valence-corrected chi connectivity index (χ3v) is 3.71. The van der Waals surface area contributed by atoms with E-state index in [0.717, 1.165) is 23.3 Å². The lowest BCUT2D eigenvalue weighted by molar-refractivity contribution is 0.251. The largest absolute Gasteiger partial charge is 0.493 e. The van der Waals surface area contributed by atoms with Crippen LogP contribution in [0.25, 0.3) is 0 Å². The molecular weight excluding hydrogens is 320 g/mol. The number of carbonyl (C=O) groups is 1. The summed E-state index contributed by atoms with van der Waals surface area (Å²) in [5, 5.41) is 9.72. The van der Waals surface area contributed by atoms with Crippen molar-refractivity contribution in [2.45, 2.75) is 13.0 Å². The van der Waals surface area contributed by atoms with Gasteiger partial charge in [0.1, 0.15) is 5.75 Å². The van der Waals surface area contributed by atoms with E-state index in [4.69, 9.17) is 16.3 Å². The zero-order chi connectivity index (χ0) is 16.4. The average molecular weight is 335 g/mol. The Morgan fingerprint density at radius 3 is 3.04 bits per heavy atom. The topological polar surface area (TPSA) is 85.2 Å². The van der Waals surface area contributed by atoms with Crippen molar-refractivity contribution in [3.05, 3.63) is 50.9 Å². The van der Waals surface area contributed by atoms with Crippen LogP contribution >= 0.6 is 11.6 Å². The third-order valence-electron chi connectivity index (χ3n) is 3.49. The first-order valence-corrected chi connectivity index (χ1v) is 7.43. The molecule has 0 fully saturated rings. The molecular formula is C15H15ClN4O3. The van der Waals surface area contributed by atoms with Gasteiger partial charge in [0.15, 0.2) is 0 Å². The predicted octanol–water partition coefficient (Wildman–Crippen LogP) is 1.69. The second-order valence-electron chi connectivity index (χ2n) is 5.17. The van der Waals surface area contributed by atoms with E-state index in [0.29, 0.717) is 17.3 Å². The molecule has 0 saturated heterocycles. The maximum absolute atomic E-state index is 11.9. The molecule has 23 heavy (non-hydrogen) atoms. The summed E-state index contributed by atoms with van der Waals surface area (Å²) in [5.41, 5.74) is 1.90. The molecule has 0 spiro atoms. The molecule has 120 valence electrons. The van der Waals surface area contributed by atoms with Crippen molar-refractivity contribution in [1.29, 1.82) is 0 Å². The van der Waals surface area contributed by atoms with Gasteiger partial charge in [-0.2, -0.15) is 5.10 Å². The van der Waals surface area contributed by atoms with Gasteiger partial charge in [-0.05, 0) is 17.7 Å². The number of hydrogen-bond donors (Lipinski definition) is 2. The number of aryl methyl sites for hydroxylation is 1. The molecule has 2 amide bonds. The van der Waals surface area contributed by atoms with Gasteiger partial charge >= 0.3 is 6.03 Å². The van der Waals surface area contributed by atoms with Crippen molar-refractivity contribution in [1.82, 2.24) is 15.1 Å². The molecule has 2 heterocycles. The Balaban J connectivity index is 1.65. The van der Waals surface area contributed by atoms with Crippen LogP contribution in [-0.4, -0.2) is 22.4 Å². The first-order chi connectivity index (χ1) is 11.0. The van der Waals surface area contributed by atoms with E-state index >= 15 is 0 Å². The molecule has 1 aromatic heterocycles. The van der Waals surface area contributed by atoms with Crippen molar-refractivity contribution in [2.75, 3.05) is 11.9 Å².